The lowest BCUT2D eigenvalue weighted by Gasteiger charge is -2.03. The molecule has 0 saturated carbocycles. The summed E-state index contributed by atoms with van der Waals surface area (Å²) in [5.41, 5.74) is 5.87. The first-order chi connectivity index (χ1) is 8.56. The van der Waals surface area contributed by atoms with Crippen molar-refractivity contribution in [3.05, 3.63) is 44.9 Å². The Bertz CT molecular complexity index is 566. The molecule has 2 aromatic rings. The summed E-state index contributed by atoms with van der Waals surface area (Å²) in [7, 11) is 0. The van der Waals surface area contributed by atoms with Crippen LogP contribution in [-0.2, 0) is 6.61 Å². The van der Waals surface area contributed by atoms with Crippen LogP contribution in [0.1, 0.15) is 20.4 Å². The number of benzene rings is 1. The number of carbonyl (C=O) groups is 1. The van der Waals surface area contributed by atoms with Crippen LogP contribution >= 0.6 is 22.9 Å². The van der Waals surface area contributed by atoms with Gasteiger partial charge >= 0.3 is 0 Å². The summed E-state index contributed by atoms with van der Waals surface area (Å²) in [6, 6.07) is 7.05. The largest absolute Gasteiger partial charge is 0.486 e. The molecule has 0 aliphatic carbocycles. The molecule has 2 N–H and O–H groups in total. The van der Waals surface area contributed by atoms with Gasteiger partial charge in [0, 0.05) is 5.02 Å². The number of carbonyl (C=O) groups excluding carboxylic acids is 1. The van der Waals surface area contributed by atoms with E-state index >= 15 is 0 Å². The fraction of sp³-hybridized carbons (Fsp3) is 0.167. The highest BCUT2D eigenvalue weighted by Crippen LogP contribution is 2.20. The molecule has 6 heteroatoms. The quantitative estimate of drug-likeness (QED) is 0.938. The molecule has 2 rings (SSSR count). The summed E-state index contributed by atoms with van der Waals surface area (Å²) in [6.45, 7) is 2.06. The second-order valence-electron chi connectivity index (χ2n) is 3.63. The first-order valence-corrected chi connectivity index (χ1v) is 6.40. The van der Waals surface area contributed by atoms with Crippen molar-refractivity contribution in [1.82, 2.24) is 4.98 Å². The van der Waals surface area contributed by atoms with E-state index in [0.717, 1.165) is 5.01 Å². The molecule has 1 aromatic heterocycles. The molecule has 0 fully saturated rings. The minimum atomic E-state index is -0.456. The maximum Gasteiger partial charge on any atom is 0.260 e. The number of rotatable bonds is 4. The van der Waals surface area contributed by atoms with Gasteiger partial charge in [-0.05, 0) is 31.2 Å². The van der Waals surface area contributed by atoms with Crippen molar-refractivity contribution in [2.45, 2.75) is 13.5 Å². The molecule has 0 bridgehead atoms. The zero-order chi connectivity index (χ0) is 13.1. The Labute approximate surface area is 113 Å². The van der Waals surface area contributed by atoms with Crippen LogP contribution in [0.2, 0.25) is 5.02 Å². The van der Waals surface area contributed by atoms with E-state index in [2.05, 4.69) is 4.98 Å². The summed E-state index contributed by atoms with van der Waals surface area (Å²) in [4.78, 5) is 15.8. The molecule has 1 amide bonds. The molecule has 0 unspecified atom stereocenters. The molecule has 0 radical (unpaired) electrons. The number of halogens is 1. The van der Waals surface area contributed by atoms with Gasteiger partial charge in [0.15, 0.2) is 0 Å². The Hall–Kier alpha value is -1.59. The average Bonchev–Trinajstić information content (AvgIpc) is 2.70. The van der Waals surface area contributed by atoms with Crippen molar-refractivity contribution < 1.29 is 9.53 Å². The van der Waals surface area contributed by atoms with Gasteiger partial charge < -0.3 is 10.5 Å². The Balaban J connectivity index is 2.04. The first kappa shape index (κ1) is 12.9. The maximum absolute atomic E-state index is 11.1. The van der Waals surface area contributed by atoms with E-state index in [1.165, 1.54) is 11.3 Å². The maximum atomic E-state index is 11.1. The number of hydrogen-bond donors (Lipinski definition) is 1. The van der Waals surface area contributed by atoms with Gasteiger partial charge in [-0.2, -0.15) is 0 Å². The monoisotopic (exact) mass is 282 g/mol. The Morgan fingerprint density at radius 1 is 1.44 bits per heavy atom. The van der Waals surface area contributed by atoms with Gasteiger partial charge in [0.25, 0.3) is 5.91 Å². The smallest absolute Gasteiger partial charge is 0.260 e. The third-order valence-corrected chi connectivity index (χ3v) is 3.64. The fourth-order valence-corrected chi connectivity index (χ4v) is 2.37. The highest BCUT2D eigenvalue weighted by atomic mass is 35.5. The van der Waals surface area contributed by atoms with E-state index in [-0.39, 0.29) is 0 Å². The van der Waals surface area contributed by atoms with Gasteiger partial charge in [-0.15, -0.1) is 11.3 Å². The number of aryl methyl sites for hydroxylation is 1. The van der Waals surface area contributed by atoms with Crippen LogP contribution in [0, 0.1) is 6.92 Å². The van der Waals surface area contributed by atoms with Gasteiger partial charge in [0.05, 0.1) is 5.69 Å². The standard InChI is InChI=1S/C12H11ClN2O2S/c1-7-11(12(14)16)18-10(15-7)6-17-9-4-2-8(13)3-5-9/h2-5H,6H2,1H3,(H2,14,16). The van der Waals surface area contributed by atoms with Crippen molar-refractivity contribution in [2.75, 3.05) is 0 Å². The predicted octanol–water partition coefficient (Wildman–Crippen LogP) is 2.78. The Kier molecular flexibility index (Phi) is 3.84. The van der Waals surface area contributed by atoms with E-state index in [9.17, 15) is 4.79 Å². The van der Waals surface area contributed by atoms with Crippen LogP contribution in [0.15, 0.2) is 24.3 Å². The number of hydrogen-bond acceptors (Lipinski definition) is 4. The highest BCUT2D eigenvalue weighted by Gasteiger charge is 2.12. The number of amides is 1. The van der Waals surface area contributed by atoms with Crippen LogP contribution in [0.5, 0.6) is 5.75 Å². The molecule has 0 aliphatic heterocycles. The van der Waals surface area contributed by atoms with Gasteiger partial charge in [-0.1, -0.05) is 11.6 Å². The van der Waals surface area contributed by atoms with Crippen molar-refractivity contribution in [3.63, 3.8) is 0 Å². The van der Waals surface area contributed by atoms with Gasteiger partial charge in [0.1, 0.15) is 22.2 Å². The van der Waals surface area contributed by atoms with Crippen LogP contribution in [-0.4, -0.2) is 10.9 Å². The minimum absolute atomic E-state index is 0.306. The van der Waals surface area contributed by atoms with E-state index in [1.807, 2.05) is 0 Å². The Morgan fingerprint density at radius 3 is 2.67 bits per heavy atom. The zero-order valence-corrected chi connectivity index (χ0v) is 11.2. The molecular formula is C12H11ClN2O2S. The SMILES string of the molecule is Cc1nc(COc2ccc(Cl)cc2)sc1C(N)=O. The molecule has 4 nitrogen and oxygen atoms in total. The van der Waals surface area contributed by atoms with E-state index < -0.39 is 5.91 Å². The van der Waals surface area contributed by atoms with Crippen LogP contribution in [0.3, 0.4) is 0 Å². The predicted molar refractivity (Wildman–Crippen MR) is 71.2 cm³/mol. The van der Waals surface area contributed by atoms with E-state index in [4.69, 9.17) is 22.1 Å². The van der Waals surface area contributed by atoms with Crippen LogP contribution in [0.4, 0.5) is 0 Å². The molecule has 1 heterocycles. The number of primary amides is 1. The lowest BCUT2D eigenvalue weighted by molar-refractivity contribution is 0.100. The number of ether oxygens (including phenoxy) is 1. The van der Waals surface area contributed by atoms with Crippen LogP contribution < -0.4 is 10.5 Å². The highest BCUT2D eigenvalue weighted by molar-refractivity contribution is 7.13. The molecule has 94 valence electrons. The topological polar surface area (TPSA) is 65.2 Å². The van der Waals surface area contributed by atoms with Gasteiger partial charge in [-0.3, -0.25) is 4.79 Å². The second-order valence-corrected chi connectivity index (χ2v) is 5.15. The Morgan fingerprint density at radius 2 is 2.11 bits per heavy atom. The number of nitrogens with zero attached hydrogens (tertiary/aromatic N) is 1. The van der Waals surface area contributed by atoms with Crippen molar-refractivity contribution in [1.29, 1.82) is 0 Å². The number of thiazole rings is 1. The normalized spacial score (nSPS) is 10.3. The summed E-state index contributed by atoms with van der Waals surface area (Å²) >= 11 is 7.02. The molecular weight excluding hydrogens is 272 g/mol. The number of aromatic nitrogens is 1. The molecule has 0 spiro atoms. The molecule has 18 heavy (non-hydrogen) atoms. The lowest BCUT2D eigenvalue weighted by Crippen LogP contribution is -2.09. The summed E-state index contributed by atoms with van der Waals surface area (Å²) < 4.78 is 5.53. The lowest BCUT2D eigenvalue weighted by atomic mass is 10.3. The van der Waals surface area contributed by atoms with E-state index in [0.29, 0.717) is 28.0 Å². The van der Waals surface area contributed by atoms with Gasteiger partial charge in [0.2, 0.25) is 0 Å². The van der Waals surface area contributed by atoms with Crippen molar-refractivity contribution in [3.8, 4) is 5.75 Å². The van der Waals surface area contributed by atoms with E-state index in [1.54, 1.807) is 31.2 Å². The van der Waals surface area contributed by atoms with Crippen molar-refractivity contribution in [2.24, 2.45) is 5.73 Å². The molecule has 0 atom stereocenters. The first-order valence-electron chi connectivity index (χ1n) is 5.20. The summed E-state index contributed by atoms with van der Waals surface area (Å²) in [5.74, 6) is 0.246. The average molecular weight is 283 g/mol. The van der Waals surface area contributed by atoms with Crippen molar-refractivity contribution >= 4 is 28.8 Å². The molecule has 1 aromatic carbocycles. The zero-order valence-electron chi connectivity index (χ0n) is 9.64. The van der Waals surface area contributed by atoms with Gasteiger partial charge in [-0.25, -0.2) is 4.98 Å². The second kappa shape index (κ2) is 5.37. The molecule has 0 aliphatic rings. The fourth-order valence-electron chi connectivity index (χ4n) is 1.42. The third-order valence-electron chi connectivity index (χ3n) is 2.24. The summed E-state index contributed by atoms with van der Waals surface area (Å²) in [6.07, 6.45) is 0. The minimum Gasteiger partial charge on any atom is -0.486 e. The number of nitrogens with two attached hydrogens (primary N) is 1. The summed E-state index contributed by atoms with van der Waals surface area (Å²) in [5, 5.41) is 1.37. The van der Waals surface area contributed by atoms with Crippen LogP contribution in [0.25, 0.3) is 0 Å². The third kappa shape index (κ3) is 3.00. The molecule has 0 saturated heterocycles.